The Kier molecular flexibility index (Phi) is 3.40. The fraction of sp³-hybridized carbons (Fsp3) is 1.00. The Morgan fingerprint density at radius 1 is 1.18 bits per heavy atom. The van der Waals surface area contributed by atoms with Crippen molar-refractivity contribution in [1.29, 1.82) is 0 Å². The third-order valence-corrected chi connectivity index (χ3v) is 1.91. The molecule has 64 valence electrons. The highest BCUT2D eigenvalue weighted by Gasteiger charge is 2.39. The summed E-state index contributed by atoms with van der Waals surface area (Å²) in [7, 11) is -2.87. The van der Waals surface area contributed by atoms with Crippen molar-refractivity contribution in [3.05, 3.63) is 0 Å². The van der Waals surface area contributed by atoms with E-state index in [-0.39, 0.29) is 0 Å². The van der Waals surface area contributed by atoms with Gasteiger partial charge in [-0.3, -0.25) is 0 Å². The number of hydrogen-bond acceptors (Lipinski definition) is 2. The van der Waals surface area contributed by atoms with Crippen LogP contribution in [-0.4, -0.2) is 22.0 Å². The van der Waals surface area contributed by atoms with E-state index >= 15 is 0 Å². The van der Waals surface area contributed by atoms with Crippen molar-refractivity contribution >= 4 is 8.25 Å². The zero-order chi connectivity index (χ0) is 8.27. The molecule has 2 rings (SSSR count). The van der Waals surface area contributed by atoms with Gasteiger partial charge in [0.05, 0.1) is 12.2 Å². The van der Waals surface area contributed by atoms with Crippen LogP contribution in [0.2, 0.25) is 0 Å². The Labute approximate surface area is 66.1 Å². The number of hydrogen-bond donors (Lipinski definition) is 2. The number of ether oxygens (including phenoxy) is 1. The van der Waals surface area contributed by atoms with Crippen molar-refractivity contribution in [1.82, 2.24) is 0 Å². The molecule has 0 aromatic carbocycles. The van der Waals surface area contributed by atoms with Crippen LogP contribution < -0.4 is 0 Å². The van der Waals surface area contributed by atoms with Crippen molar-refractivity contribution in [2.75, 3.05) is 0 Å². The van der Waals surface area contributed by atoms with E-state index in [2.05, 4.69) is 0 Å². The monoisotopic (exact) mass is 179 g/mol. The average Bonchev–Trinajstić information content (AvgIpc) is 2.62. The highest BCUT2D eigenvalue weighted by molar-refractivity contribution is 7.30. The van der Waals surface area contributed by atoms with Crippen molar-refractivity contribution in [2.45, 2.75) is 37.9 Å². The van der Waals surface area contributed by atoms with E-state index in [0.29, 0.717) is 12.2 Å². The van der Waals surface area contributed by atoms with Crippen molar-refractivity contribution in [3.63, 3.8) is 0 Å². The van der Waals surface area contributed by atoms with Crippen LogP contribution in [0, 0.1) is 0 Å². The summed E-state index contributed by atoms with van der Waals surface area (Å²) in [4.78, 5) is 14.2. The van der Waals surface area contributed by atoms with Crippen molar-refractivity contribution < 1.29 is 19.1 Å². The van der Waals surface area contributed by atoms with Gasteiger partial charge in [0.1, 0.15) is 0 Å². The van der Waals surface area contributed by atoms with Gasteiger partial charge in [0.15, 0.2) is 0 Å². The van der Waals surface area contributed by atoms with E-state index in [4.69, 9.17) is 19.1 Å². The van der Waals surface area contributed by atoms with Crippen LogP contribution in [0.5, 0.6) is 0 Å². The molecule has 0 aromatic heterocycles. The van der Waals surface area contributed by atoms with E-state index in [1.165, 1.54) is 25.7 Å². The van der Waals surface area contributed by atoms with Gasteiger partial charge in [-0.1, -0.05) is 12.8 Å². The largest absolute Gasteiger partial charge is 0.692 e. The van der Waals surface area contributed by atoms with Crippen LogP contribution in [0.3, 0.4) is 0 Å². The Bertz CT molecular complexity index is 136. The second-order valence-corrected chi connectivity index (χ2v) is 3.26. The molecule has 2 unspecified atom stereocenters. The number of rotatable bonds is 0. The molecule has 2 N–H and O–H groups in total. The van der Waals surface area contributed by atoms with Gasteiger partial charge in [-0.15, -0.1) is 9.79 Å². The van der Waals surface area contributed by atoms with Gasteiger partial charge in [0.2, 0.25) is 0 Å². The third kappa shape index (κ3) is 3.77. The highest BCUT2D eigenvalue weighted by atomic mass is 31.1. The molecular formula is C6H12O4P+. The Morgan fingerprint density at radius 2 is 1.55 bits per heavy atom. The van der Waals surface area contributed by atoms with Crippen LogP contribution in [0.4, 0.5) is 0 Å². The molecular weight excluding hydrogens is 167 g/mol. The molecule has 4 nitrogen and oxygen atoms in total. The lowest BCUT2D eigenvalue weighted by molar-refractivity contribution is 0.373. The van der Waals surface area contributed by atoms with Gasteiger partial charge in [0, 0.05) is 4.57 Å². The van der Waals surface area contributed by atoms with Gasteiger partial charge >= 0.3 is 8.25 Å². The molecule has 0 aromatic rings. The molecule has 11 heavy (non-hydrogen) atoms. The normalized spacial score (nSPS) is 32.9. The summed E-state index contributed by atoms with van der Waals surface area (Å²) in [6, 6.07) is 0. The first-order chi connectivity index (χ1) is 5.20. The predicted octanol–water partition coefficient (Wildman–Crippen LogP) is 0.956. The van der Waals surface area contributed by atoms with Gasteiger partial charge < -0.3 is 4.74 Å². The summed E-state index contributed by atoms with van der Waals surface area (Å²) in [5.41, 5.74) is 0. The van der Waals surface area contributed by atoms with Crippen LogP contribution in [0.25, 0.3) is 0 Å². The SMILES string of the molecule is C1CCC2OC2C1.O=[P+](O)O. The minimum absolute atomic E-state index is 0.703. The summed E-state index contributed by atoms with van der Waals surface area (Å²) >= 11 is 0. The second kappa shape index (κ2) is 4.12. The molecule has 2 aliphatic rings. The van der Waals surface area contributed by atoms with E-state index in [9.17, 15) is 0 Å². The lowest BCUT2D eigenvalue weighted by atomic mass is 10.0. The molecule has 1 saturated heterocycles. The minimum atomic E-state index is -2.87. The fourth-order valence-electron chi connectivity index (χ4n) is 1.38. The maximum Gasteiger partial charge on any atom is 0.692 e. The lowest BCUT2D eigenvalue weighted by Gasteiger charge is -2.00. The van der Waals surface area contributed by atoms with E-state index in [0.717, 1.165) is 0 Å². The third-order valence-electron chi connectivity index (χ3n) is 1.91. The van der Waals surface area contributed by atoms with Crippen molar-refractivity contribution in [3.8, 4) is 0 Å². The van der Waals surface area contributed by atoms with Gasteiger partial charge in [-0.2, -0.15) is 0 Å². The zero-order valence-electron chi connectivity index (χ0n) is 6.14. The standard InChI is InChI=1S/C6H10O.HO3P/c1-2-4-6-5(3-1)7-6;1-4(2)3/h5-6H,1-4H2;(H-,1,2,3)/p+1. The fourth-order valence-corrected chi connectivity index (χ4v) is 1.38. The molecule has 1 heterocycles. The first kappa shape index (κ1) is 9.07. The van der Waals surface area contributed by atoms with E-state index < -0.39 is 8.25 Å². The summed E-state index contributed by atoms with van der Waals surface area (Å²) in [5, 5.41) is 0. The van der Waals surface area contributed by atoms with Gasteiger partial charge in [-0.05, 0) is 12.8 Å². The molecule has 0 bridgehead atoms. The quantitative estimate of drug-likeness (QED) is 0.429. The summed E-state index contributed by atoms with van der Waals surface area (Å²) in [5.74, 6) is 0. The molecule has 0 spiro atoms. The minimum Gasteiger partial charge on any atom is -0.370 e. The molecule has 0 amide bonds. The number of epoxide rings is 1. The summed E-state index contributed by atoms with van der Waals surface area (Å²) < 4.78 is 14.0. The van der Waals surface area contributed by atoms with Gasteiger partial charge in [-0.25, -0.2) is 0 Å². The van der Waals surface area contributed by atoms with Crippen LogP contribution >= 0.6 is 8.25 Å². The van der Waals surface area contributed by atoms with E-state index in [1.54, 1.807) is 0 Å². The first-order valence-corrected chi connectivity index (χ1v) is 4.87. The zero-order valence-corrected chi connectivity index (χ0v) is 7.04. The average molecular weight is 179 g/mol. The summed E-state index contributed by atoms with van der Waals surface area (Å²) in [6.07, 6.45) is 6.89. The van der Waals surface area contributed by atoms with E-state index in [1.807, 2.05) is 0 Å². The maximum atomic E-state index is 8.70. The van der Waals surface area contributed by atoms with Crippen LogP contribution in [0.15, 0.2) is 0 Å². The highest BCUT2D eigenvalue weighted by Crippen LogP contribution is 2.35. The Morgan fingerprint density at radius 3 is 1.82 bits per heavy atom. The Hall–Kier alpha value is -0.0200. The predicted molar refractivity (Wildman–Crippen MR) is 39.2 cm³/mol. The van der Waals surface area contributed by atoms with Crippen molar-refractivity contribution in [2.24, 2.45) is 0 Å². The molecule has 0 radical (unpaired) electrons. The Balaban J connectivity index is 0.000000134. The number of fused-ring (bicyclic) bond motifs is 1. The lowest BCUT2D eigenvalue weighted by Crippen LogP contribution is -2.00. The molecule has 1 saturated carbocycles. The molecule has 1 aliphatic carbocycles. The first-order valence-electron chi connectivity index (χ1n) is 3.70. The summed E-state index contributed by atoms with van der Waals surface area (Å²) in [6.45, 7) is 0. The smallest absolute Gasteiger partial charge is 0.370 e. The van der Waals surface area contributed by atoms with Gasteiger partial charge in [0.25, 0.3) is 0 Å². The molecule has 5 heteroatoms. The second-order valence-electron chi connectivity index (χ2n) is 2.75. The maximum absolute atomic E-state index is 8.70. The van der Waals surface area contributed by atoms with Crippen LogP contribution in [0.1, 0.15) is 25.7 Å². The molecule has 1 aliphatic heterocycles. The van der Waals surface area contributed by atoms with Crippen LogP contribution in [-0.2, 0) is 9.30 Å². The molecule has 2 atom stereocenters. The topological polar surface area (TPSA) is 70.1 Å². The molecule has 2 fully saturated rings.